The van der Waals surface area contributed by atoms with Gasteiger partial charge in [-0.25, -0.2) is 0 Å². The molecule has 0 radical (unpaired) electrons. The fourth-order valence-electron chi connectivity index (χ4n) is 1.52. The zero-order chi connectivity index (χ0) is 12.8. The first-order valence-electron chi connectivity index (χ1n) is 5.57. The lowest BCUT2D eigenvalue weighted by molar-refractivity contribution is -0.145. The van der Waals surface area contributed by atoms with Crippen LogP contribution in [0.2, 0.25) is 0 Å². The van der Waals surface area contributed by atoms with E-state index in [4.69, 9.17) is 9.47 Å². The van der Waals surface area contributed by atoms with Crippen molar-refractivity contribution in [1.29, 1.82) is 0 Å². The van der Waals surface area contributed by atoms with Gasteiger partial charge in [-0.3, -0.25) is 4.79 Å². The van der Waals surface area contributed by atoms with E-state index in [0.29, 0.717) is 0 Å². The van der Waals surface area contributed by atoms with Crippen molar-refractivity contribution in [2.75, 3.05) is 19.5 Å². The van der Waals surface area contributed by atoms with Crippen LogP contribution in [-0.4, -0.2) is 26.2 Å². The number of esters is 1. The first kappa shape index (κ1) is 13.4. The third-order valence-electron chi connectivity index (χ3n) is 2.81. The van der Waals surface area contributed by atoms with Crippen LogP contribution in [0, 0.1) is 5.92 Å². The number of carbonyl (C=O) groups excluding carboxylic acids is 1. The Labute approximate surface area is 102 Å². The van der Waals surface area contributed by atoms with Crippen molar-refractivity contribution < 1.29 is 14.3 Å². The molecule has 0 aliphatic rings. The number of hydrogen-bond donors (Lipinski definition) is 1. The van der Waals surface area contributed by atoms with E-state index in [9.17, 15) is 4.79 Å². The summed E-state index contributed by atoms with van der Waals surface area (Å²) in [6.45, 7) is 3.77. The maximum atomic E-state index is 11.4. The van der Waals surface area contributed by atoms with E-state index in [1.807, 2.05) is 38.1 Å². The molecule has 0 spiro atoms. The fraction of sp³-hybridized carbons (Fsp3) is 0.462. The van der Waals surface area contributed by atoms with Gasteiger partial charge in [0.05, 0.1) is 25.8 Å². The average molecular weight is 237 g/mol. The molecule has 1 N–H and O–H groups in total. The molecule has 0 aliphatic carbocycles. The summed E-state index contributed by atoms with van der Waals surface area (Å²) < 4.78 is 9.95. The molecule has 17 heavy (non-hydrogen) atoms. The number of para-hydroxylation sites is 2. The van der Waals surface area contributed by atoms with Gasteiger partial charge in [-0.05, 0) is 26.0 Å². The van der Waals surface area contributed by atoms with E-state index in [2.05, 4.69) is 5.32 Å². The largest absolute Gasteiger partial charge is 0.495 e. The third kappa shape index (κ3) is 3.37. The van der Waals surface area contributed by atoms with Gasteiger partial charge in [-0.15, -0.1) is 0 Å². The Balaban J connectivity index is 2.73. The predicted octanol–water partition coefficient (Wildman–Crippen LogP) is 2.30. The molecule has 0 saturated carbocycles. The first-order valence-corrected chi connectivity index (χ1v) is 5.57. The number of carbonyl (C=O) groups is 1. The minimum atomic E-state index is -0.222. The molecule has 4 nitrogen and oxygen atoms in total. The predicted molar refractivity (Wildman–Crippen MR) is 67.3 cm³/mol. The van der Waals surface area contributed by atoms with Crippen LogP contribution in [0.15, 0.2) is 24.3 Å². The molecule has 0 aliphatic heterocycles. The van der Waals surface area contributed by atoms with Crippen LogP contribution in [0.4, 0.5) is 5.69 Å². The number of ether oxygens (including phenoxy) is 2. The van der Waals surface area contributed by atoms with Gasteiger partial charge in [-0.2, -0.15) is 0 Å². The zero-order valence-electron chi connectivity index (χ0n) is 10.7. The molecule has 0 amide bonds. The van der Waals surface area contributed by atoms with Gasteiger partial charge in [0.1, 0.15) is 5.75 Å². The van der Waals surface area contributed by atoms with Crippen molar-refractivity contribution in [3.05, 3.63) is 24.3 Å². The van der Waals surface area contributed by atoms with Crippen LogP contribution in [0.5, 0.6) is 5.75 Å². The maximum absolute atomic E-state index is 11.4. The minimum Gasteiger partial charge on any atom is -0.495 e. The van der Waals surface area contributed by atoms with Gasteiger partial charge >= 0.3 is 5.97 Å². The number of hydrogen-bond acceptors (Lipinski definition) is 4. The molecule has 0 heterocycles. The van der Waals surface area contributed by atoms with Crippen LogP contribution in [0.25, 0.3) is 0 Å². The molecule has 0 aromatic heterocycles. The number of anilines is 1. The van der Waals surface area contributed by atoms with Crippen molar-refractivity contribution in [3.63, 3.8) is 0 Å². The van der Waals surface area contributed by atoms with Crippen LogP contribution in [0.3, 0.4) is 0 Å². The summed E-state index contributed by atoms with van der Waals surface area (Å²) in [5, 5.41) is 3.25. The van der Waals surface area contributed by atoms with Crippen LogP contribution in [0.1, 0.15) is 13.8 Å². The third-order valence-corrected chi connectivity index (χ3v) is 2.81. The summed E-state index contributed by atoms with van der Waals surface area (Å²) >= 11 is 0. The first-order chi connectivity index (χ1) is 8.10. The van der Waals surface area contributed by atoms with Gasteiger partial charge in [0, 0.05) is 6.04 Å². The number of methoxy groups -OCH3 is 2. The van der Waals surface area contributed by atoms with E-state index < -0.39 is 0 Å². The molecule has 2 unspecified atom stereocenters. The second-order valence-corrected chi connectivity index (χ2v) is 3.95. The van der Waals surface area contributed by atoms with Crippen LogP contribution in [-0.2, 0) is 9.53 Å². The molecule has 1 rings (SSSR count). The molecule has 0 fully saturated rings. The smallest absolute Gasteiger partial charge is 0.310 e. The van der Waals surface area contributed by atoms with Gasteiger partial charge in [0.2, 0.25) is 0 Å². The SMILES string of the molecule is COC(=O)C(C)C(C)Nc1ccccc1OC. The Bertz CT molecular complexity index is 379. The molecule has 0 saturated heterocycles. The number of rotatable bonds is 5. The van der Waals surface area contributed by atoms with Crippen molar-refractivity contribution >= 4 is 11.7 Å². The molecule has 0 bridgehead atoms. The van der Waals surface area contributed by atoms with Crippen molar-refractivity contribution in [2.45, 2.75) is 19.9 Å². The maximum Gasteiger partial charge on any atom is 0.310 e. The van der Waals surface area contributed by atoms with Crippen molar-refractivity contribution in [2.24, 2.45) is 5.92 Å². The number of benzene rings is 1. The lowest BCUT2D eigenvalue weighted by atomic mass is 10.0. The van der Waals surface area contributed by atoms with Gasteiger partial charge < -0.3 is 14.8 Å². The van der Waals surface area contributed by atoms with Crippen LogP contribution < -0.4 is 10.1 Å². The van der Waals surface area contributed by atoms with E-state index in [1.54, 1.807) is 7.11 Å². The summed E-state index contributed by atoms with van der Waals surface area (Å²) in [5.41, 5.74) is 0.873. The highest BCUT2D eigenvalue weighted by molar-refractivity contribution is 5.73. The highest BCUT2D eigenvalue weighted by Gasteiger charge is 2.21. The fourth-order valence-corrected chi connectivity index (χ4v) is 1.52. The quantitative estimate of drug-likeness (QED) is 0.798. The Kier molecular flexibility index (Phi) is 4.82. The normalized spacial score (nSPS) is 13.6. The lowest BCUT2D eigenvalue weighted by Crippen LogP contribution is -2.30. The molecule has 1 aromatic carbocycles. The molecule has 94 valence electrons. The van der Waals surface area contributed by atoms with Crippen molar-refractivity contribution in [3.8, 4) is 5.75 Å². The molecule has 1 aromatic rings. The van der Waals surface area contributed by atoms with Gasteiger partial charge in [0.15, 0.2) is 0 Å². The van der Waals surface area contributed by atoms with E-state index in [0.717, 1.165) is 11.4 Å². The van der Waals surface area contributed by atoms with Gasteiger partial charge in [0.25, 0.3) is 0 Å². The Morgan fingerprint density at radius 1 is 1.24 bits per heavy atom. The molecular formula is C13H19NO3. The van der Waals surface area contributed by atoms with Gasteiger partial charge in [-0.1, -0.05) is 12.1 Å². The monoisotopic (exact) mass is 237 g/mol. The summed E-state index contributed by atoms with van der Waals surface area (Å²) in [6, 6.07) is 7.58. The summed E-state index contributed by atoms with van der Waals surface area (Å²) in [4.78, 5) is 11.4. The van der Waals surface area contributed by atoms with Crippen molar-refractivity contribution in [1.82, 2.24) is 0 Å². The van der Waals surface area contributed by atoms with E-state index in [1.165, 1.54) is 7.11 Å². The van der Waals surface area contributed by atoms with E-state index in [-0.39, 0.29) is 17.9 Å². The summed E-state index contributed by atoms with van der Waals surface area (Å²) in [7, 11) is 3.02. The average Bonchev–Trinajstić information content (AvgIpc) is 2.37. The molecule has 2 atom stereocenters. The highest BCUT2D eigenvalue weighted by atomic mass is 16.5. The summed E-state index contributed by atoms with van der Waals surface area (Å²) in [5.74, 6) is 0.321. The molecule has 4 heteroatoms. The summed E-state index contributed by atoms with van der Waals surface area (Å²) in [6.07, 6.45) is 0. The Morgan fingerprint density at radius 3 is 2.47 bits per heavy atom. The second-order valence-electron chi connectivity index (χ2n) is 3.95. The zero-order valence-corrected chi connectivity index (χ0v) is 10.7. The van der Waals surface area contributed by atoms with E-state index >= 15 is 0 Å². The topological polar surface area (TPSA) is 47.6 Å². The molecular weight excluding hydrogens is 218 g/mol. The standard InChI is InChI=1S/C13H19NO3/c1-9(13(15)17-4)10(2)14-11-7-5-6-8-12(11)16-3/h5-10,14H,1-4H3. The lowest BCUT2D eigenvalue weighted by Gasteiger charge is -2.21. The minimum absolute atomic E-state index is 0.0289. The van der Waals surface area contributed by atoms with Crippen LogP contribution >= 0.6 is 0 Å². The Hall–Kier alpha value is -1.71. The second kappa shape index (κ2) is 6.13. The highest BCUT2D eigenvalue weighted by Crippen LogP contribution is 2.25. The number of nitrogens with one attached hydrogen (secondary N) is 1. The Morgan fingerprint density at radius 2 is 1.88 bits per heavy atom.